The van der Waals surface area contributed by atoms with Gasteiger partial charge in [0.05, 0.1) is 11.2 Å². The van der Waals surface area contributed by atoms with Crippen LogP contribution in [-0.4, -0.2) is 23.3 Å². The number of rotatable bonds is 2. The third kappa shape index (κ3) is 3.11. The molecular weight excluding hydrogens is 262 g/mol. The maximum atomic E-state index is 5.86. The molecule has 1 aliphatic heterocycles. The molecule has 0 amide bonds. The normalized spacial score (nSPS) is 21.2. The van der Waals surface area contributed by atoms with Gasteiger partial charge in [-0.15, -0.1) is 0 Å². The molecule has 2 heterocycles. The first-order valence-electron chi connectivity index (χ1n) is 6.16. The van der Waals surface area contributed by atoms with E-state index < -0.39 is 0 Å². The minimum Gasteiger partial charge on any atom is -0.400 e. The highest BCUT2D eigenvalue weighted by molar-refractivity contribution is 6.52. The third-order valence-electron chi connectivity index (χ3n) is 3.55. The standard InChI is InChI=1S/C13H18BClN2O2/c1-12(2)13(3,4)19-14(18-12)6-5-9-7-10(15)17-11(16)8-9/h5-8H,1-4H3,(H2,16,17)/b6-5+. The predicted molar refractivity (Wildman–Crippen MR) is 78.8 cm³/mol. The Labute approximate surface area is 119 Å². The molecule has 6 heteroatoms. The Bertz CT molecular complexity index is 481. The molecule has 0 bridgehead atoms. The zero-order valence-corrected chi connectivity index (χ0v) is 12.4. The summed E-state index contributed by atoms with van der Waals surface area (Å²) in [4.78, 5) is 3.91. The van der Waals surface area contributed by atoms with E-state index in [2.05, 4.69) is 4.98 Å². The molecule has 1 aromatic rings. The Hall–Kier alpha value is -1.04. The van der Waals surface area contributed by atoms with Crippen LogP contribution in [0.4, 0.5) is 5.82 Å². The molecule has 1 aliphatic rings. The SMILES string of the molecule is CC1(C)OB(/C=C/c2cc(N)nc(Cl)c2)OC1(C)C. The summed E-state index contributed by atoms with van der Waals surface area (Å²) in [7, 11) is -0.377. The Morgan fingerprint density at radius 1 is 1.21 bits per heavy atom. The van der Waals surface area contributed by atoms with Crippen molar-refractivity contribution in [1.29, 1.82) is 0 Å². The maximum Gasteiger partial charge on any atom is 0.487 e. The first kappa shape index (κ1) is 14.4. The van der Waals surface area contributed by atoms with Crippen molar-refractivity contribution in [3.05, 3.63) is 28.8 Å². The van der Waals surface area contributed by atoms with E-state index in [-0.39, 0.29) is 18.3 Å². The fraction of sp³-hybridized carbons (Fsp3) is 0.462. The number of halogens is 1. The Kier molecular flexibility index (Phi) is 3.64. The van der Waals surface area contributed by atoms with Gasteiger partial charge in [-0.3, -0.25) is 0 Å². The van der Waals surface area contributed by atoms with E-state index in [1.54, 1.807) is 12.1 Å². The van der Waals surface area contributed by atoms with Gasteiger partial charge in [0.1, 0.15) is 11.0 Å². The van der Waals surface area contributed by atoms with Crippen molar-refractivity contribution in [2.75, 3.05) is 5.73 Å². The van der Waals surface area contributed by atoms with Crippen LogP contribution in [0.3, 0.4) is 0 Å². The zero-order chi connectivity index (χ0) is 14.3. The molecule has 0 radical (unpaired) electrons. The second kappa shape index (κ2) is 4.82. The number of nitrogens with two attached hydrogens (primary N) is 1. The highest BCUT2D eigenvalue weighted by atomic mass is 35.5. The number of nitrogen functional groups attached to an aromatic ring is 1. The lowest BCUT2D eigenvalue weighted by Crippen LogP contribution is -2.41. The number of anilines is 1. The molecule has 0 saturated carbocycles. The van der Waals surface area contributed by atoms with Gasteiger partial charge in [0.25, 0.3) is 0 Å². The van der Waals surface area contributed by atoms with Crippen LogP contribution >= 0.6 is 11.6 Å². The van der Waals surface area contributed by atoms with Gasteiger partial charge < -0.3 is 15.0 Å². The number of pyridine rings is 1. The molecule has 2 N–H and O–H groups in total. The Morgan fingerprint density at radius 3 is 2.32 bits per heavy atom. The minimum atomic E-state index is -0.377. The number of nitrogens with zero attached hydrogens (tertiary/aromatic N) is 1. The van der Waals surface area contributed by atoms with Crippen LogP contribution in [0.5, 0.6) is 0 Å². The summed E-state index contributed by atoms with van der Waals surface area (Å²) >= 11 is 5.85. The Morgan fingerprint density at radius 2 is 1.79 bits per heavy atom. The molecule has 19 heavy (non-hydrogen) atoms. The van der Waals surface area contributed by atoms with E-state index in [0.29, 0.717) is 11.0 Å². The highest BCUT2D eigenvalue weighted by Crippen LogP contribution is 2.37. The van der Waals surface area contributed by atoms with Gasteiger partial charge in [0.15, 0.2) is 0 Å². The van der Waals surface area contributed by atoms with E-state index in [4.69, 9.17) is 26.6 Å². The predicted octanol–water partition coefficient (Wildman–Crippen LogP) is 2.96. The lowest BCUT2D eigenvalue weighted by molar-refractivity contribution is 0.00578. The van der Waals surface area contributed by atoms with E-state index in [9.17, 15) is 0 Å². The fourth-order valence-corrected chi connectivity index (χ4v) is 2.01. The molecule has 1 fully saturated rings. The van der Waals surface area contributed by atoms with E-state index >= 15 is 0 Å². The van der Waals surface area contributed by atoms with Gasteiger partial charge in [-0.25, -0.2) is 4.98 Å². The Balaban J connectivity index is 2.12. The topological polar surface area (TPSA) is 57.4 Å². The summed E-state index contributed by atoms with van der Waals surface area (Å²) in [5.74, 6) is 2.24. The molecule has 0 spiro atoms. The van der Waals surface area contributed by atoms with Crippen molar-refractivity contribution < 1.29 is 9.31 Å². The molecule has 2 rings (SSSR count). The van der Waals surface area contributed by atoms with Gasteiger partial charge in [-0.1, -0.05) is 23.7 Å². The molecule has 0 atom stereocenters. The van der Waals surface area contributed by atoms with Crippen molar-refractivity contribution in [2.45, 2.75) is 38.9 Å². The molecule has 0 aliphatic carbocycles. The van der Waals surface area contributed by atoms with Gasteiger partial charge in [0.2, 0.25) is 0 Å². The summed E-state index contributed by atoms with van der Waals surface area (Å²) in [5, 5.41) is 0.369. The lowest BCUT2D eigenvalue weighted by atomic mass is 9.89. The van der Waals surface area contributed by atoms with Crippen LogP contribution in [0, 0.1) is 0 Å². The van der Waals surface area contributed by atoms with Gasteiger partial charge in [0, 0.05) is 0 Å². The monoisotopic (exact) mass is 280 g/mol. The van der Waals surface area contributed by atoms with E-state index in [1.165, 1.54) is 0 Å². The summed E-state index contributed by atoms with van der Waals surface area (Å²) < 4.78 is 11.7. The van der Waals surface area contributed by atoms with E-state index in [0.717, 1.165) is 5.56 Å². The molecule has 0 aromatic carbocycles. The van der Waals surface area contributed by atoms with Crippen LogP contribution in [0.1, 0.15) is 33.3 Å². The van der Waals surface area contributed by atoms with Crippen molar-refractivity contribution in [3.8, 4) is 0 Å². The van der Waals surface area contributed by atoms with E-state index in [1.807, 2.05) is 39.7 Å². The van der Waals surface area contributed by atoms with Gasteiger partial charge in [-0.2, -0.15) is 0 Å². The van der Waals surface area contributed by atoms with Crippen LogP contribution in [0.15, 0.2) is 18.1 Å². The van der Waals surface area contributed by atoms with Crippen LogP contribution in [-0.2, 0) is 9.31 Å². The average molecular weight is 281 g/mol. The average Bonchev–Trinajstić information content (AvgIpc) is 2.43. The molecule has 4 nitrogen and oxygen atoms in total. The van der Waals surface area contributed by atoms with Crippen molar-refractivity contribution in [1.82, 2.24) is 4.98 Å². The summed E-state index contributed by atoms with van der Waals surface area (Å²) in [6.45, 7) is 8.06. The fourth-order valence-electron chi connectivity index (χ4n) is 1.79. The lowest BCUT2D eigenvalue weighted by Gasteiger charge is -2.32. The van der Waals surface area contributed by atoms with Gasteiger partial charge >= 0.3 is 7.12 Å². The second-order valence-corrected chi connectivity index (χ2v) is 6.02. The molecule has 102 valence electrons. The van der Waals surface area contributed by atoms with Crippen LogP contribution in [0.25, 0.3) is 6.08 Å². The molecule has 1 saturated heterocycles. The first-order chi connectivity index (χ1) is 8.69. The smallest absolute Gasteiger partial charge is 0.400 e. The number of aromatic nitrogens is 1. The van der Waals surface area contributed by atoms with Crippen LogP contribution in [0.2, 0.25) is 5.15 Å². The first-order valence-corrected chi connectivity index (χ1v) is 6.54. The highest BCUT2D eigenvalue weighted by Gasteiger charge is 2.49. The maximum absolute atomic E-state index is 5.86. The van der Waals surface area contributed by atoms with Gasteiger partial charge in [-0.05, 0) is 45.4 Å². The third-order valence-corrected chi connectivity index (χ3v) is 3.75. The quantitative estimate of drug-likeness (QED) is 0.668. The molecule has 0 unspecified atom stereocenters. The molecule has 1 aromatic heterocycles. The van der Waals surface area contributed by atoms with Crippen LogP contribution < -0.4 is 5.73 Å². The minimum absolute atomic E-state index is 0.336. The largest absolute Gasteiger partial charge is 0.487 e. The number of hydrogen-bond donors (Lipinski definition) is 1. The molecular formula is C13H18BClN2O2. The summed E-state index contributed by atoms with van der Waals surface area (Å²) in [5.41, 5.74) is 5.83. The zero-order valence-electron chi connectivity index (χ0n) is 11.6. The van der Waals surface area contributed by atoms with Crippen molar-refractivity contribution in [3.63, 3.8) is 0 Å². The summed E-state index contributed by atoms with van der Waals surface area (Å²) in [6, 6.07) is 3.48. The second-order valence-electron chi connectivity index (χ2n) is 5.63. The number of hydrogen-bond acceptors (Lipinski definition) is 4. The van der Waals surface area contributed by atoms with Crippen molar-refractivity contribution >= 4 is 30.6 Å². The summed E-state index contributed by atoms with van der Waals surface area (Å²) in [6.07, 6.45) is 1.87. The van der Waals surface area contributed by atoms with Crippen molar-refractivity contribution in [2.24, 2.45) is 0 Å².